The molecule has 3 aromatic rings. The second-order valence-corrected chi connectivity index (χ2v) is 10.6. The van der Waals surface area contributed by atoms with Crippen LogP contribution < -0.4 is 10.6 Å². The lowest BCUT2D eigenvalue weighted by molar-refractivity contribution is -0.148. The number of carbonyl (C=O) groups excluding carboxylic acids is 3. The van der Waals surface area contributed by atoms with Gasteiger partial charge in [-0.25, -0.2) is 12.8 Å². The summed E-state index contributed by atoms with van der Waals surface area (Å²) in [5.74, 6) is -2.22. The highest BCUT2D eigenvalue weighted by atomic mass is 32.2. The van der Waals surface area contributed by atoms with E-state index in [1.807, 2.05) is 12.1 Å². The number of esters is 1. The number of sulfonamides is 1. The maximum Gasteiger partial charge on any atom is 0.308 e. The summed E-state index contributed by atoms with van der Waals surface area (Å²) >= 11 is 0. The van der Waals surface area contributed by atoms with Crippen molar-refractivity contribution in [2.24, 2.45) is 0 Å². The van der Waals surface area contributed by atoms with Crippen molar-refractivity contribution >= 4 is 39.2 Å². The standard InChI is InChI=1S/C27H26FN3O6S/c1-18(32)29-21-9-11-23(12-10-21)38(35,36)31-14-13-19-5-2-3-8-24(19)25(31)16-27(34)37-17-26(33)30-22-7-4-6-20(28)15-22/h2-12,15,25H,13-14,16-17H2,1H3,(H,29,32)(H,30,33). The van der Waals surface area contributed by atoms with Crippen LogP contribution in [0.15, 0.2) is 77.7 Å². The molecule has 0 radical (unpaired) electrons. The molecule has 0 saturated carbocycles. The fourth-order valence-corrected chi connectivity index (χ4v) is 5.91. The van der Waals surface area contributed by atoms with Crippen molar-refractivity contribution in [2.45, 2.75) is 30.7 Å². The fraction of sp³-hybridized carbons (Fsp3) is 0.222. The Labute approximate surface area is 219 Å². The van der Waals surface area contributed by atoms with E-state index in [-0.39, 0.29) is 29.5 Å². The quantitative estimate of drug-likeness (QED) is 0.422. The van der Waals surface area contributed by atoms with Gasteiger partial charge in [0, 0.05) is 24.8 Å². The van der Waals surface area contributed by atoms with Crippen LogP contribution in [0.25, 0.3) is 0 Å². The van der Waals surface area contributed by atoms with E-state index in [4.69, 9.17) is 4.74 Å². The van der Waals surface area contributed by atoms with Crippen molar-refractivity contribution in [3.8, 4) is 0 Å². The second kappa shape index (κ2) is 11.5. The van der Waals surface area contributed by atoms with Crippen LogP contribution in [0.5, 0.6) is 0 Å². The Hall–Kier alpha value is -4.09. The average molecular weight is 540 g/mol. The summed E-state index contributed by atoms with van der Waals surface area (Å²) in [5.41, 5.74) is 2.27. The number of hydrogen-bond donors (Lipinski definition) is 2. The van der Waals surface area contributed by atoms with Crippen LogP contribution in [-0.2, 0) is 35.6 Å². The number of nitrogens with zero attached hydrogens (tertiary/aromatic N) is 1. The molecule has 198 valence electrons. The van der Waals surface area contributed by atoms with Crippen molar-refractivity contribution in [3.05, 3.63) is 89.7 Å². The van der Waals surface area contributed by atoms with Crippen LogP contribution in [0.3, 0.4) is 0 Å². The number of hydrogen-bond acceptors (Lipinski definition) is 6. The molecule has 0 bridgehead atoms. The van der Waals surface area contributed by atoms with E-state index in [9.17, 15) is 27.2 Å². The summed E-state index contributed by atoms with van der Waals surface area (Å²) in [7, 11) is -4.02. The normalized spacial score (nSPS) is 15.3. The van der Waals surface area contributed by atoms with Gasteiger partial charge in [0.2, 0.25) is 15.9 Å². The number of nitrogens with one attached hydrogen (secondary N) is 2. The Bertz CT molecular complexity index is 1460. The van der Waals surface area contributed by atoms with Crippen molar-refractivity contribution in [2.75, 3.05) is 23.8 Å². The molecule has 11 heteroatoms. The van der Waals surface area contributed by atoms with Crippen LogP contribution >= 0.6 is 0 Å². The summed E-state index contributed by atoms with van der Waals surface area (Å²) in [4.78, 5) is 36.2. The number of benzene rings is 3. The smallest absolute Gasteiger partial charge is 0.308 e. The van der Waals surface area contributed by atoms with E-state index < -0.39 is 40.4 Å². The lowest BCUT2D eigenvalue weighted by atomic mass is 9.92. The molecule has 1 heterocycles. The highest BCUT2D eigenvalue weighted by Crippen LogP contribution is 2.36. The molecule has 1 aliphatic heterocycles. The fourth-order valence-electron chi connectivity index (χ4n) is 4.30. The van der Waals surface area contributed by atoms with Gasteiger partial charge in [0.1, 0.15) is 5.82 Å². The molecular weight excluding hydrogens is 513 g/mol. The molecule has 0 aliphatic carbocycles. The number of amides is 2. The van der Waals surface area contributed by atoms with Crippen molar-refractivity contribution in [1.82, 2.24) is 4.31 Å². The number of carbonyl (C=O) groups is 3. The second-order valence-electron chi connectivity index (χ2n) is 8.71. The average Bonchev–Trinajstić information content (AvgIpc) is 2.87. The SMILES string of the molecule is CC(=O)Nc1ccc(S(=O)(=O)N2CCc3ccccc3C2CC(=O)OCC(=O)Nc2cccc(F)c2)cc1. The lowest BCUT2D eigenvalue weighted by Crippen LogP contribution is -2.41. The first kappa shape index (κ1) is 27.0. The highest BCUT2D eigenvalue weighted by Gasteiger charge is 2.38. The van der Waals surface area contributed by atoms with Crippen LogP contribution in [-0.4, -0.2) is 43.7 Å². The summed E-state index contributed by atoms with van der Waals surface area (Å²) in [6, 6.07) is 17.5. The molecule has 0 saturated heterocycles. The van der Waals surface area contributed by atoms with Gasteiger partial charge in [0.05, 0.1) is 17.4 Å². The van der Waals surface area contributed by atoms with Crippen molar-refractivity contribution in [1.29, 1.82) is 0 Å². The number of fused-ring (bicyclic) bond motifs is 1. The number of rotatable bonds is 8. The van der Waals surface area contributed by atoms with Crippen LogP contribution in [0.4, 0.5) is 15.8 Å². The largest absolute Gasteiger partial charge is 0.456 e. The van der Waals surface area contributed by atoms with E-state index in [0.717, 1.165) is 11.6 Å². The number of halogens is 1. The zero-order valence-corrected chi connectivity index (χ0v) is 21.3. The molecule has 0 spiro atoms. The van der Waals surface area contributed by atoms with Crippen molar-refractivity contribution < 1.29 is 31.9 Å². The summed E-state index contributed by atoms with van der Waals surface area (Å²) < 4.78 is 47.0. The van der Waals surface area contributed by atoms with Gasteiger partial charge in [0.15, 0.2) is 6.61 Å². The molecule has 9 nitrogen and oxygen atoms in total. The molecule has 4 rings (SSSR count). The molecular formula is C27H26FN3O6S. The molecule has 1 aliphatic rings. The topological polar surface area (TPSA) is 122 Å². The molecule has 0 aromatic heterocycles. The summed E-state index contributed by atoms with van der Waals surface area (Å²) in [6.45, 7) is 0.885. The van der Waals surface area contributed by atoms with E-state index in [1.54, 1.807) is 12.1 Å². The monoisotopic (exact) mass is 539 g/mol. The van der Waals surface area contributed by atoms with Gasteiger partial charge in [0.25, 0.3) is 5.91 Å². The van der Waals surface area contributed by atoms with Gasteiger partial charge in [-0.05, 0) is 60.0 Å². The molecule has 2 amide bonds. The third-order valence-corrected chi connectivity index (χ3v) is 7.90. The van der Waals surface area contributed by atoms with Gasteiger partial charge in [-0.3, -0.25) is 14.4 Å². The molecule has 1 unspecified atom stereocenters. The molecule has 3 aromatic carbocycles. The first-order chi connectivity index (χ1) is 18.1. The van der Waals surface area contributed by atoms with Crippen molar-refractivity contribution in [3.63, 3.8) is 0 Å². The lowest BCUT2D eigenvalue weighted by Gasteiger charge is -2.36. The molecule has 1 atom stereocenters. The maximum atomic E-state index is 13.6. The molecule has 38 heavy (non-hydrogen) atoms. The van der Waals surface area contributed by atoms with E-state index in [2.05, 4.69) is 10.6 Å². The Morgan fingerprint density at radius 3 is 2.42 bits per heavy atom. The minimum absolute atomic E-state index is 0.0128. The molecule has 0 fully saturated rings. The van der Waals surface area contributed by atoms with Gasteiger partial charge in [-0.2, -0.15) is 4.31 Å². The first-order valence-electron chi connectivity index (χ1n) is 11.8. The van der Waals surface area contributed by atoms with E-state index in [0.29, 0.717) is 17.7 Å². The third-order valence-electron chi connectivity index (χ3n) is 5.98. The minimum atomic E-state index is -4.02. The maximum absolute atomic E-state index is 13.6. The number of anilines is 2. The van der Waals surface area contributed by atoms with E-state index in [1.165, 1.54) is 53.7 Å². The number of ether oxygens (including phenoxy) is 1. The minimum Gasteiger partial charge on any atom is -0.456 e. The summed E-state index contributed by atoms with van der Waals surface area (Å²) in [5, 5.41) is 5.03. The zero-order chi connectivity index (χ0) is 27.3. The van der Waals surface area contributed by atoms with Gasteiger partial charge in [-0.15, -0.1) is 0 Å². The summed E-state index contributed by atoms with van der Waals surface area (Å²) in [6.07, 6.45) is 0.147. The van der Waals surface area contributed by atoms with Crippen LogP contribution in [0, 0.1) is 5.82 Å². The van der Waals surface area contributed by atoms with Gasteiger partial charge < -0.3 is 15.4 Å². The highest BCUT2D eigenvalue weighted by molar-refractivity contribution is 7.89. The van der Waals surface area contributed by atoms with Gasteiger partial charge in [-0.1, -0.05) is 30.3 Å². The Kier molecular flexibility index (Phi) is 8.18. The predicted molar refractivity (Wildman–Crippen MR) is 138 cm³/mol. The molecule has 2 N–H and O–H groups in total. The van der Waals surface area contributed by atoms with Crippen LogP contribution in [0.1, 0.15) is 30.5 Å². The zero-order valence-electron chi connectivity index (χ0n) is 20.5. The van der Waals surface area contributed by atoms with E-state index >= 15 is 0 Å². The third kappa shape index (κ3) is 6.42. The Balaban J connectivity index is 1.50. The predicted octanol–water partition coefficient (Wildman–Crippen LogP) is 3.64. The van der Waals surface area contributed by atoms with Crippen LogP contribution in [0.2, 0.25) is 0 Å². The Morgan fingerprint density at radius 2 is 1.71 bits per heavy atom. The van der Waals surface area contributed by atoms with Gasteiger partial charge >= 0.3 is 5.97 Å². The first-order valence-corrected chi connectivity index (χ1v) is 13.3. The Morgan fingerprint density at radius 1 is 0.974 bits per heavy atom.